The van der Waals surface area contributed by atoms with Gasteiger partial charge in [0.25, 0.3) is 0 Å². The van der Waals surface area contributed by atoms with E-state index >= 15 is 0 Å². The van der Waals surface area contributed by atoms with Crippen molar-refractivity contribution in [2.24, 2.45) is 0 Å². The lowest BCUT2D eigenvalue weighted by atomic mass is 10.2. The summed E-state index contributed by atoms with van der Waals surface area (Å²) in [5, 5.41) is 10.5. The minimum atomic E-state index is -0.692. The van der Waals surface area contributed by atoms with Crippen LogP contribution in [0.4, 0.5) is 0 Å². The zero-order valence-corrected chi connectivity index (χ0v) is 14.9. The van der Waals surface area contributed by atoms with Gasteiger partial charge in [0.05, 0.1) is 11.8 Å². The van der Waals surface area contributed by atoms with E-state index in [-0.39, 0.29) is 0 Å². The van der Waals surface area contributed by atoms with E-state index in [1.54, 1.807) is 6.92 Å². The van der Waals surface area contributed by atoms with Gasteiger partial charge >= 0.3 is 0 Å². The third-order valence-electron chi connectivity index (χ3n) is 3.64. The zero-order chi connectivity index (χ0) is 16.4. The van der Waals surface area contributed by atoms with Crippen molar-refractivity contribution in [3.8, 4) is 11.4 Å². The van der Waals surface area contributed by atoms with Crippen molar-refractivity contribution in [1.82, 2.24) is 9.55 Å². The van der Waals surface area contributed by atoms with Crippen LogP contribution in [0, 0.1) is 0 Å². The lowest BCUT2D eigenvalue weighted by molar-refractivity contribution is 0.190. The van der Waals surface area contributed by atoms with E-state index in [0.717, 1.165) is 21.4 Å². The molecule has 0 aliphatic heterocycles. The van der Waals surface area contributed by atoms with Gasteiger partial charge in [-0.25, -0.2) is 4.98 Å². The van der Waals surface area contributed by atoms with Crippen molar-refractivity contribution in [2.45, 2.75) is 19.6 Å². The summed E-state index contributed by atoms with van der Waals surface area (Å²) in [5.41, 5.74) is 2.72. The standard InChI is InChI=1S/C18H16BrClN2O/c1-12(23)16-17(20)21-18(14-5-3-2-4-6-14)22(16)11-13-7-9-15(19)10-8-13/h2-10,12,23H,11H2,1H3. The Morgan fingerprint density at radius 3 is 2.39 bits per heavy atom. The first-order valence-electron chi connectivity index (χ1n) is 7.30. The minimum absolute atomic E-state index is 0.343. The lowest BCUT2D eigenvalue weighted by Gasteiger charge is -2.14. The van der Waals surface area contributed by atoms with Gasteiger partial charge in [0.2, 0.25) is 0 Å². The van der Waals surface area contributed by atoms with Crippen LogP contribution in [0.3, 0.4) is 0 Å². The fourth-order valence-electron chi connectivity index (χ4n) is 2.57. The van der Waals surface area contributed by atoms with Crippen LogP contribution in [0.15, 0.2) is 59.1 Å². The van der Waals surface area contributed by atoms with Crippen LogP contribution in [0.25, 0.3) is 11.4 Å². The van der Waals surface area contributed by atoms with Gasteiger partial charge in [-0.1, -0.05) is 70.0 Å². The lowest BCUT2D eigenvalue weighted by Crippen LogP contribution is -2.09. The fourth-order valence-corrected chi connectivity index (χ4v) is 3.18. The molecule has 0 aliphatic carbocycles. The molecule has 0 radical (unpaired) electrons. The van der Waals surface area contributed by atoms with E-state index in [1.165, 1.54) is 0 Å². The van der Waals surface area contributed by atoms with E-state index < -0.39 is 6.10 Å². The normalized spacial score (nSPS) is 12.3. The number of aliphatic hydroxyl groups excluding tert-OH is 1. The molecule has 3 nitrogen and oxygen atoms in total. The maximum absolute atomic E-state index is 10.1. The number of aromatic nitrogens is 2. The van der Waals surface area contributed by atoms with Crippen LogP contribution in [-0.2, 0) is 6.54 Å². The predicted octanol–water partition coefficient (Wildman–Crippen LogP) is 5.07. The molecule has 0 fully saturated rings. The Hall–Kier alpha value is -1.62. The summed E-state index contributed by atoms with van der Waals surface area (Å²) in [6.45, 7) is 2.30. The van der Waals surface area contributed by atoms with Crippen LogP contribution in [0.2, 0.25) is 5.15 Å². The monoisotopic (exact) mass is 390 g/mol. The Labute approximate surface area is 148 Å². The van der Waals surface area contributed by atoms with Crippen molar-refractivity contribution in [3.05, 3.63) is 75.5 Å². The molecule has 1 heterocycles. The fraction of sp³-hybridized carbons (Fsp3) is 0.167. The number of imidazole rings is 1. The molecule has 1 aromatic heterocycles. The van der Waals surface area contributed by atoms with Gasteiger partial charge in [-0.15, -0.1) is 0 Å². The van der Waals surface area contributed by atoms with Crippen LogP contribution in [0.1, 0.15) is 24.3 Å². The number of aliphatic hydroxyl groups is 1. The van der Waals surface area contributed by atoms with Gasteiger partial charge in [-0.3, -0.25) is 0 Å². The molecule has 1 N–H and O–H groups in total. The molecule has 5 heteroatoms. The van der Waals surface area contributed by atoms with Crippen molar-refractivity contribution in [3.63, 3.8) is 0 Å². The highest BCUT2D eigenvalue weighted by molar-refractivity contribution is 9.10. The molecule has 118 valence electrons. The smallest absolute Gasteiger partial charge is 0.153 e. The van der Waals surface area contributed by atoms with Gasteiger partial charge in [0, 0.05) is 16.6 Å². The second kappa shape index (κ2) is 6.87. The molecule has 3 rings (SSSR count). The molecule has 1 unspecified atom stereocenters. The molecular formula is C18H16BrClN2O. The first kappa shape index (κ1) is 16.2. The summed E-state index contributed by atoms with van der Waals surface area (Å²) < 4.78 is 3.01. The predicted molar refractivity (Wildman–Crippen MR) is 96.6 cm³/mol. The van der Waals surface area contributed by atoms with Gasteiger partial charge in [0.15, 0.2) is 5.15 Å². The van der Waals surface area contributed by atoms with Crippen LogP contribution in [0.5, 0.6) is 0 Å². The molecular weight excluding hydrogens is 376 g/mol. The minimum Gasteiger partial charge on any atom is -0.387 e. The number of nitrogens with zero attached hydrogens (tertiary/aromatic N) is 2. The van der Waals surface area contributed by atoms with E-state index in [9.17, 15) is 5.11 Å². The van der Waals surface area contributed by atoms with E-state index in [4.69, 9.17) is 11.6 Å². The summed E-state index contributed by atoms with van der Waals surface area (Å²) in [7, 11) is 0. The SMILES string of the molecule is CC(O)c1c(Cl)nc(-c2ccccc2)n1Cc1ccc(Br)cc1. The number of halogens is 2. The highest BCUT2D eigenvalue weighted by Gasteiger charge is 2.20. The molecule has 1 atom stereocenters. The van der Waals surface area contributed by atoms with Crippen molar-refractivity contribution in [1.29, 1.82) is 0 Å². The quantitative estimate of drug-likeness (QED) is 0.674. The summed E-state index contributed by atoms with van der Waals surface area (Å²) in [6.07, 6.45) is -0.692. The highest BCUT2D eigenvalue weighted by atomic mass is 79.9. The summed E-state index contributed by atoms with van der Waals surface area (Å²) in [4.78, 5) is 4.47. The number of rotatable bonds is 4. The maximum atomic E-state index is 10.1. The van der Waals surface area contributed by atoms with Gasteiger partial charge in [0.1, 0.15) is 5.82 Å². The van der Waals surface area contributed by atoms with E-state index in [0.29, 0.717) is 17.4 Å². The third kappa shape index (κ3) is 3.50. The van der Waals surface area contributed by atoms with Crippen LogP contribution < -0.4 is 0 Å². The highest BCUT2D eigenvalue weighted by Crippen LogP contribution is 2.30. The largest absolute Gasteiger partial charge is 0.387 e. The third-order valence-corrected chi connectivity index (χ3v) is 4.45. The Balaban J connectivity index is 2.10. The van der Waals surface area contributed by atoms with Crippen molar-refractivity contribution < 1.29 is 5.11 Å². The van der Waals surface area contributed by atoms with Crippen molar-refractivity contribution >= 4 is 27.5 Å². The number of hydrogen-bond acceptors (Lipinski definition) is 2. The second-order valence-electron chi connectivity index (χ2n) is 5.37. The first-order valence-corrected chi connectivity index (χ1v) is 8.47. The zero-order valence-electron chi connectivity index (χ0n) is 12.6. The molecule has 0 aliphatic rings. The van der Waals surface area contributed by atoms with Crippen molar-refractivity contribution in [2.75, 3.05) is 0 Å². The van der Waals surface area contributed by atoms with Gasteiger partial charge in [-0.05, 0) is 24.6 Å². The molecule has 23 heavy (non-hydrogen) atoms. The molecule has 2 aromatic carbocycles. The summed E-state index contributed by atoms with van der Waals surface area (Å²) in [5.74, 6) is 0.759. The Morgan fingerprint density at radius 1 is 1.13 bits per heavy atom. The van der Waals surface area contributed by atoms with Crippen LogP contribution in [-0.4, -0.2) is 14.7 Å². The maximum Gasteiger partial charge on any atom is 0.153 e. The second-order valence-corrected chi connectivity index (χ2v) is 6.64. The van der Waals surface area contributed by atoms with E-state index in [2.05, 4.69) is 20.9 Å². The summed E-state index contributed by atoms with van der Waals surface area (Å²) >= 11 is 9.73. The molecule has 0 saturated carbocycles. The van der Waals surface area contributed by atoms with Gasteiger partial charge < -0.3 is 9.67 Å². The van der Waals surface area contributed by atoms with E-state index in [1.807, 2.05) is 59.2 Å². The Morgan fingerprint density at radius 2 is 1.78 bits per heavy atom. The number of benzene rings is 2. The first-order chi connectivity index (χ1) is 11.1. The topological polar surface area (TPSA) is 38.1 Å². The van der Waals surface area contributed by atoms with Crippen LogP contribution >= 0.6 is 27.5 Å². The Kier molecular flexibility index (Phi) is 4.85. The van der Waals surface area contributed by atoms with Gasteiger partial charge in [-0.2, -0.15) is 0 Å². The Bertz CT molecular complexity index is 798. The molecule has 0 amide bonds. The average molecular weight is 392 g/mol. The molecule has 0 bridgehead atoms. The summed E-state index contributed by atoms with van der Waals surface area (Å²) in [6, 6.07) is 17.9. The number of hydrogen-bond donors (Lipinski definition) is 1. The average Bonchev–Trinajstić information content (AvgIpc) is 2.87. The molecule has 0 spiro atoms. The molecule has 3 aromatic rings. The molecule has 0 saturated heterocycles.